The van der Waals surface area contributed by atoms with Gasteiger partial charge in [-0.2, -0.15) is 0 Å². The maximum atomic E-state index is 6.03. The molecule has 1 aromatic rings. The van der Waals surface area contributed by atoms with E-state index in [-0.39, 0.29) is 18.3 Å². The van der Waals surface area contributed by atoms with Gasteiger partial charge in [0.15, 0.2) is 0 Å². The lowest BCUT2D eigenvalue weighted by atomic mass is 9.78. The van der Waals surface area contributed by atoms with Crippen molar-refractivity contribution in [1.29, 1.82) is 0 Å². The first-order chi connectivity index (χ1) is 8.37. The highest BCUT2D eigenvalue weighted by molar-refractivity contribution is 6.63. The van der Waals surface area contributed by atoms with Crippen molar-refractivity contribution in [2.24, 2.45) is 0 Å². The molecule has 0 unspecified atom stereocenters. The second-order valence-corrected chi connectivity index (χ2v) is 5.56. The van der Waals surface area contributed by atoms with E-state index in [0.717, 1.165) is 11.2 Å². The van der Waals surface area contributed by atoms with Crippen LogP contribution < -0.4 is 10.2 Å². The summed E-state index contributed by atoms with van der Waals surface area (Å²) in [7, 11) is -0.363. The van der Waals surface area contributed by atoms with Gasteiger partial charge in [0, 0.05) is 5.46 Å². The first-order valence-electron chi connectivity index (χ1n) is 6.45. The van der Waals surface area contributed by atoms with Crippen LogP contribution in [0.2, 0.25) is 0 Å². The molecule has 1 saturated heterocycles. The molecule has 4 heteroatoms. The van der Waals surface area contributed by atoms with Gasteiger partial charge in [-0.25, -0.2) is 0 Å². The van der Waals surface area contributed by atoms with Gasteiger partial charge in [-0.15, -0.1) is 0 Å². The van der Waals surface area contributed by atoms with Crippen molar-refractivity contribution in [2.75, 3.05) is 6.61 Å². The Bertz CT molecular complexity index is 413. The van der Waals surface area contributed by atoms with Gasteiger partial charge in [0.25, 0.3) is 0 Å². The molecule has 0 aliphatic carbocycles. The van der Waals surface area contributed by atoms with Crippen molar-refractivity contribution in [1.82, 2.24) is 0 Å². The minimum atomic E-state index is -0.363. The first kappa shape index (κ1) is 13.4. The molecular weight excluding hydrogens is 227 g/mol. The van der Waals surface area contributed by atoms with Crippen molar-refractivity contribution < 1.29 is 14.0 Å². The van der Waals surface area contributed by atoms with Gasteiger partial charge in [0.05, 0.1) is 17.8 Å². The molecule has 0 atom stereocenters. The molecule has 1 fully saturated rings. The quantitative estimate of drug-likeness (QED) is 0.768. The summed E-state index contributed by atoms with van der Waals surface area (Å²) in [6.45, 7) is 10.8. The van der Waals surface area contributed by atoms with Gasteiger partial charge in [0.1, 0.15) is 5.75 Å². The lowest BCUT2D eigenvalue weighted by Crippen LogP contribution is -2.41. The smallest absolute Gasteiger partial charge is 0.494 e. The van der Waals surface area contributed by atoms with E-state index in [1.165, 1.54) is 0 Å². The molecule has 1 heterocycles. The highest BCUT2D eigenvalue weighted by atomic mass is 16.7. The lowest BCUT2D eigenvalue weighted by molar-refractivity contribution is 0.00578. The molecule has 1 aliphatic heterocycles. The summed E-state index contributed by atoms with van der Waals surface area (Å²) >= 11 is 0. The van der Waals surface area contributed by atoms with Crippen molar-refractivity contribution in [3.05, 3.63) is 24.3 Å². The summed E-state index contributed by atoms with van der Waals surface area (Å²) in [5.41, 5.74) is 0.312. The van der Waals surface area contributed by atoms with Crippen LogP contribution in [0.4, 0.5) is 0 Å². The fraction of sp³-hybridized carbons (Fsp3) is 0.571. The van der Waals surface area contributed by atoms with E-state index in [0.29, 0.717) is 6.61 Å². The molecule has 0 saturated carbocycles. The Morgan fingerprint density at radius 3 is 2.17 bits per heavy atom. The normalized spacial score (nSPS) is 21.1. The van der Waals surface area contributed by atoms with Crippen LogP contribution in [0.25, 0.3) is 0 Å². The summed E-state index contributed by atoms with van der Waals surface area (Å²) in [5.74, 6) is 0.832. The maximum absolute atomic E-state index is 6.03. The predicted molar refractivity (Wildman–Crippen MR) is 73.3 cm³/mol. The van der Waals surface area contributed by atoms with Crippen LogP contribution in [-0.4, -0.2) is 24.9 Å². The maximum Gasteiger partial charge on any atom is 0.498 e. The lowest BCUT2D eigenvalue weighted by Gasteiger charge is -2.32. The molecule has 0 radical (unpaired) electrons. The van der Waals surface area contributed by atoms with Crippen molar-refractivity contribution in [3.8, 4) is 5.75 Å². The van der Waals surface area contributed by atoms with E-state index < -0.39 is 0 Å². The minimum Gasteiger partial charge on any atom is -0.494 e. The second kappa shape index (κ2) is 4.59. The van der Waals surface area contributed by atoms with Crippen LogP contribution in [0, 0.1) is 0 Å². The first-order valence-corrected chi connectivity index (χ1v) is 6.45. The van der Waals surface area contributed by atoms with E-state index in [4.69, 9.17) is 14.0 Å². The number of hydrogen-bond donors (Lipinski definition) is 0. The van der Waals surface area contributed by atoms with E-state index in [1.54, 1.807) is 0 Å². The molecule has 1 aromatic carbocycles. The van der Waals surface area contributed by atoms with Crippen molar-refractivity contribution >= 4 is 12.6 Å². The van der Waals surface area contributed by atoms with E-state index in [1.807, 2.05) is 31.2 Å². The predicted octanol–water partition coefficient (Wildman–Crippen LogP) is 2.38. The highest BCUT2D eigenvalue weighted by Gasteiger charge is 2.52. The van der Waals surface area contributed by atoms with Gasteiger partial charge < -0.3 is 14.0 Å². The topological polar surface area (TPSA) is 27.7 Å². The number of hydrogen-bond acceptors (Lipinski definition) is 3. The van der Waals surface area contributed by atoms with E-state index in [9.17, 15) is 0 Å². The molecule has 3 nitrogen and oxygen atoms in total. The Labute approximate surface area is 110 Å². The fourth-order valence-electron chi connectivity index (χ4n) is 1.93. The van der Waals surface area contributed by atoms with Crippen LogP contribution in [0.1, 0.15) is 34.6 Å². The molecule has 1 aliphatic rings. The van der Waals surface area contributed by atoms with Crippen LogP contribution in [0.5, 0.6) is 5.75 Å². The number of para-hydroxylation sites is 1. The Balaban J connectivity index is 2.29. The summed E-state index contributed by atoms with van der Waals surface area (Å²) in [6, 6.07) is 7.87. The molecule has 0 aromatic heterocycles. The zero-order chi connectivity index (χ0) is 13.4. The molecule has 0 N–H and O–H groups in total. The Morgan fingerprint density at radius 2 is 1.61 bits per heavy atom. The zero-order valence-corrected chi connectivity index (χ0v) is 11.8. The third kappa shape index (κ3) is 2.27. The number of benzene rings is 1. The third-order valence-electron chi connectivity index (χ3n) is 3.73. The van der Waals surface area contributed by atoms with Crippen molar-refractivity contribution in [3.63, 3.8) is 0 Å². The third-order valence-corrected chi connectivity index (χ3v) is 3.73. The van der Waals surface area contributed by atoms with Crippen LogP contribution >= 0.6 is 0 Å². The fourth-order valence-corrected chi connectivity index (χ4v) is 1.93. The number of rotatable bonds is 3. The molecule has 18 heavy (non-hydrogen) atoms. The summed E-state index contributed by atoms with van der Waals surface area (Å²) < 4.78 is 17.7. The van der Waals surface area contributed by atoms with Crippen LogP contribution in [0.3, 0.4) is 0 Å². The second-order valence-electron chi connectivity index (χ2n) is 5.56. The number of ether oxygens (including phenoxy) is 1. The molecular formula is C14H21BO3. The van der Waals surface area contributed by atoms with Gasteiger partial charge >= 0.3 is 7.12 Å². The van der Waals surface area contributed by atoms with Gasteiger partial charge in [0.2, 0.25) is 0 Å². The zero-order valence-electron chi connectivity index (χ0n) is 11.8. The molecule has 98 valence electrons. The standard InChI is InChI=1S/C14H21BO3/c1-6-16-12-10-8-7-9-11(12)15-17-13(2,3)14(4,5)18-15/h7-10H,6H2,1-5H3. The Kier molecular flexibility index (Phi) is 3.43. The molecule has 2 rings (SSSR count). The summed E-state index contributed by atoms with van der Waals surface area (Å²) in [6.07, 6.45) is 0. The molecule has 0 bridgehead atoms. The Hall–Kier alpha value is -0.995. The SMILES string of the molecule is CCOc1ccccc1B1OC(C)(C)C(C)(C)O1. The van der Waals surface area contributed by atoms with Gasteiger partial charge in [-0.3, -0.25) is 0 Å². The van der Waals surface area contributed by atoms with Crippen molar-refractivity contribution in [2.45, 2.75) is 45.8 Å². The highest BCUT2D eigenvalue weighted by Crippen LogP contribution is 2.37. The minimum absolute atomic E-state index is 0.322. The van der Waals surface area contributed by atoms with E-state index in [2.05, 4.69) is 27.7 Å². The average Bonchev–Trinajstić information content (AvgIpc) is 2.49. The Morgan fingerprint density at radius 1 is 1.06 bits per heavy atom. The molecule has 0 amide bonds. The molecule has 0 spiro atoms. The summed E-state index contributed by atoms with van der Waals surface area (Å²) in [4.78, 5) is 0. The van der Waals surface area contributed by atoms with Crippen LogP contribution in [0.15, 0.2) is 24.3 Å². The van der Waals surface area contributed by atoms with Gasteiger partial charge in [-0.05, 0) is 40.7 Å². The summed E-state index contributed by atoms with van der Waals surface area (Å²) in [5, 5.41) is 0. The van der Waals surface area contributed by atoms with E-state index >= 15 is 0 Å². The monoisotopic (exact) mass is 248 g/mol. The van der Waals surface area contributed by atoms with Crippen LogP contribution in [-0.2, 0) is 9.31 Å². The largest absolute Gasteiger partial charge is 0.498 e. The van der Waals surface area contributed by atoms with Gasteiger partial charge in [-0.1, -0.05) is 18.2 Å². The average molecular weight is 248 g/mol.